The van der Waals surface area contributed by atoms with Gasteiger partial charge in [-0.25, -0.2) is 0 Å². The van der Waals surface area contributed by atoms with Crippen LogP contribution >= 0.6 is 0 Å². The third-order valence-electron chi connectivity index (χ3n) is 7.04. The van der Waals surface area contributed by atoms with E-state index < -0.39 is 5.92 Å². The van der Waals surface area contributed by atoms with E-state index in [0.29, 0.717) is 61.1 Å². The summed E-state index contributed by atoms with van der Waals surface area (Å²) in [5, 5.41) is 10.2. The number of allylic oxidation sites excluding steroid dienone is 3. The molecule has 0 spiro atoms. The molecule has 0 radical (unpaired) electrons. The molecule has 1 aliphatic heterocycles. The molecule has 1 heterocycles. The Bertz CT molecular complexity index is 1280. The first-order valence-corrected chi connectivity index (χ1v) is 12.5. The van der Waals surface area contributed by atoms with Gasteiger partial charge in [0.15, 0.2) is 17.3 Å². The molecule has 2 aliphatic rings. The minimum absolute atomic E-state index is 0.0394. The van der Waals surface area contributed by atoms with Crippen LogP contribution in [0.25, 0.3) is 0 Å². The Morgan fingerprint density at radius 2 is 1.84 bits per heavy atom. The Morgan fingerprint density at radius 3 is 2.49 bits per heavy atom. The molecule has 1 aliphatic carbocycles. The summed E-state index contributed by atoms with van der Waals surface area (Å²) in [6.07, 6.45) is 1.09. The average Bonchev–Trinajstić information content (AvgIpc) is 2.86. The Hall–Kier alpha value is -3.76. The van der Waals surface area contributed by atoms with E-state index in [0.717, 1.165) is 16.8 Å². The minimum Gasteiger partial charge on any atom is -0.493 e. The van der Waals surface area contributed by atoms with Crippen LogP contribution in [-0.2, 0) is 16.1 Å². The van der Waals surface area contributed by atoms with Gasteiger partial charge in [0.1, 0.15) is 12.4 Å². The lowest BCUT2D eigenvalue weighted by Crippen LogP contribution is -2.43. The predicted octanol–water partition coefficient (Wildman–Crippen LogP) is 4.97. The molecule has 1 atom stereocenters. The largest absolute Gasteiger partial charge is 0.493 e. The Balaban J connectivity index is 1.74. The van der Waals surface area contributed by atoms with Gasteiger partial charge in [-0.2, -0.15) is 5.26 Å². The van der Waals surface area contributed by atoms with Crippen LogP contribution in [0.1, 0.15) is 49.3 Å². The van der Waals surface area contributed by atoms with Crippen LogP contribution in [0.3, 0.4) is 0 Å². The van der Waals surface area contributed by atoms with Crippen molar-refractivity contribution in [2.45, 2.75) is 46.1 Å². The Morgan fingerprint density at radius 1 is 1.11 bits per heavy atom. The molecule has 2 aromatic carbocycles. The maximum absolute atomic E-state index is 13.6. The molecular formula is C30H35N3O4. The van der Waals surface area contributed by atoms with Crippen LogP contribution in [0.2, 0.25) is 0 Å². The first-order valence-electron chi connectivity index (χ1n) is 12.5. The quantitative estimate of drug-likeness (QED) is 0.546. The number of hydrogen-bond acceptors (Lipinski definition) is 7. The van der Waals surface area contributed by atoms with Gasteiger partial charge in [0, 0.05) is 31.3 Å². The number of hydrogen-bond donors (Lipinski definition) is 1. The lowest BCUT2D eigenvalue weighted by molar-refractivity contribution is -0.118. The van der Waals surface area contributed by atoms with Crippen molar-refractivity contribution >= 4 is 5.78 Å². The molecule has 7 nitrogen and oxygen atoms in total. The highest BCUT2D eigenvalue weighted by Crippen LogP contribution is 2.49. The maximum atomic E-state index is 13.6. The first-order chi connectivity index (χ1) is 17.7. The molecule has 7 heteroatoms. The molecule has 194 valence electrons. The average molecular weight is 502 g/mol. The summed E-state index contributed by atoms with van der Waals surface area (Å²) < 4.78 is 17.0. The number of ketones is 1. The number of aryl methyl sites for hydroxylation is 1. The SMILES string of the molecule is COCCN1C(N)=C(C#N)[C@@H](c2ccc(OCc3ccc(C)cc3)c(OC)c2)C2=C1CC(C)(C)CC2=O. The van der Waals surface area contributed by atoms with Crippen LogP contribution < -0.4 is 15.2 Å². The Kier molecular flexibility index (Phi) is 7.60. The summed E-state index contributed by atoms with van der Waals surface area (Å²) >= 11 is 0. The van der Waals surface area contributed by atoms with E-state index in [2.05, 4.69) is 19.9 Å². The number of ether oxygens (including phenoxy) is 3. The summed E-state index contributed by atoms with van der Waals surface area (Å²) in [6, 6.07) is 16.0. The van der Waals surface area contributed by atoms with Crippen molar-refractivity contribution in [2.75, 3.05) is 27.4 Å². The molecular weight excluding hydrogens is 466 g/mol. The van der Waals surface area contributed by atoms with Crippen molar-refractivity contribution in [2.24, 2.45) is 11.1 Å². The van der Waals surface area contributed by atoms with E-state index in [1.165, 1.54) is 5.56 Å². The molecule has 0 unspecified atom stereocenters. The number of carbonyl (C=O) groups is 1. The fourth-order valence-electron chi connectivity index (χ4n) is 5.17. The number of rotatable bonds is 8. The lowest BCUT2D eigenvalue weighted by atomic mass is 9.68. The summed E-state index contributed by atoms with van der Waals surface area (Å²) in [5.41, 5.74) is 11.3. The lowest BCUT2D eigenvalue weighted by Gasteiger charge is -2.43. The number of nitriles is 1. The molecule has 2 aromatic rings. The smallest absolute Gasteiger partial charge is 0.162 e. The number of carbonyl (C=O) groups excluding carboxylic acids is 1. The molecule has 0 amide bonds. The standard InChI is InChI=1S/C30H35N3O4/c1-19-6-8-20(9-7-19)18-37-25-11-10-21(14-26(25)36-5)27-22(17-31)29(32)33(12-13-35-4)23-15-30(2,3)16-24(34)28(23)27/h6-11,14,27H,12-13,15-16,18,32H2,1-5H3/t27-/m1/s1. The maximum Gasteiger partial charge on any atom is 0.162 e. The highest BCUT2D eigenvalue weighted by molar-refractivity contribution is 6.00. The van der Waals surface area contributed by atoms with E-state index in [1.807, 2.05) is 54.3 Å². The molecule has 0 bridgehead atoms. The molecule has 0 fully saturated rings. The van der Waals surface area contributed by atoms with Crippen LogP contribution in [0.5, 0.6) is 11.5 Å². The second kappa shape index (κ2) is 10.7. The highest BCUT2D eigenvalue weighted by Gasteiger charge is 2.44. The summed E-state index contributed by atoms with van der Waals surface area (Å²) in [7, 11) is 3.21. The summed E-state index contributed by atoms with van der Waals surface area (Å²) in [6.45, 7) is 7.51. The van der Waals surface area contributed by atoms with Gasteiger partial charge >= 0.3 is 0 Å². The van der Waals surface area contributed by atoms with E-state index in [-0.39, 0.29) is 11.2 Å². The molecule has 4 rings (SSSR count). The number of Topliss-reactive ketones (excluding diaryl/α,β-unsaturated/α-hetero) is 1. The molecule has 0 aromatic heterocycles. The number of benzene rings is 2. The minimum atomic E-state index is -0.567. The van der Waals surface area contributed by atoms with Gasteiger partial charge in [-0.3, -0.25) is 4.79 Å². The molecule has 0 saturated carbocycles. The zero-order chi connectivity index (χ0) is 26.7. The van der Waals surface area contributed by atoms with Crippen molar-refractivity contribution in [3.8, 4) is 17.6 Å². The van der Waals surface area contributed by atoms with Crippen molar-refractivity contribution < 1.29 is 19.0 Å². The second-order valence-corrected chi connectivity index (χ2v) is 10.5. The second-order valence-electron chi connectivity index (χ2n) is 10.5. The van der Waals surface area contributed by atoms with E-state index in [4.69, 9.17) is 19.9 Å². The van der Waals surface area contributed by atoms with Crippen LogP contribution in [0.4, 0.5) is 0 Å². The third kappa shape index (κ3) is 5.35. The number of methoxy groups -OCH3 is 2. The zero-order valence-corrected chi connectivity index (χ0v) is 22.3. The van der Waals surface area contributed by atoms with Crippen LogP contribution in [0, 0.1) is 23.7 Å². The number of nitrogens with two attached hydrogens (primary N) is 1. The van der Waals surface area contributed by atoms with E-state index in [1.54, 1.807) is 14.2 Å². The highest BCUT2D eigenvalue weighted by atomic mass is 16.5. The van der Waals surface area contributed by atoms with Crippen molar-refractivity contribution in [1.82, 2.24) is 4.90 Å². The van der Waals surface area contributed by atoms with Crippen molar-refractivity contribution in [1.29, 1.82) is 5.26 Å². The van der Waals surface area contributed by atoms with Crippen LogP contribution in [-0.4, -0.2) is 38.1 Å². The summed E-state index contributed by atoms with van der Waals surface area (Å²) in [5.74, 6) is 0.964. The van der Waals surface area contributed by atoms with Crippen molar-refractivity contribution in [3.63, 3.8) is 0 Å². The summed E-state index contributed by atoms with van der Waals surface area (Å²) in [4.78, 5) is 15.5. The molecule has 0 saturated heterocycles. The zero-order valence-electron chi connectivity index (χ0n) is 22.3. The fourth-order valence-corrected chi connectivity index (χ4v) is 5.17. The molecule has 2 N–H and O–H groups in total. The van der Waals surface area contributed by atoms with Crippen LogP contribution in [0.15, 0.2) is 65.1 Å². The van der Waals surface area contributed by atoms with E-state index >= 15 is 0 Å². The third-order valence-corrected chi connectivity index (χ3v) is 7.04. The first kappa shape index (κ1) is 26.3. The Labute approximate surface area is 219 Å². The topological polar surface area (TPSA) is 97.8 Å². The fraction of sp³-hybridized carbons (Fsp3) is 0.400. The monoisotopic (exact) mass is 501 g/mol. The van der Waals surface area contributed by atoms with Crippen molar-refractivity contribution in [3.05, 3.63) is 81.8 Å². The normalized spacial score (nSPS) is 19.0. The van der Waals surface area contributed by atoms with E-state index in [9.17, 15) is 10.1 Å². The van der Waals surface area contributed by atoms with Gasteiger partial charge in [-0.1, -0.05) is 49.7 Å². The van der Waals surface area contributed by atoms with Gasteiger partial charge in [0.25, 0.3) is 0 Å². The van der Waals surface area contributed by atoms with Gasteiger partial charge in [0.2, 0.25) is 0 Å². The van der Waals surface area contributed by atoms with Gasteiger partial charge < -0.3 is 24.8 Å². The van der Waals surface area contributed by atoms with Gasteiger partial charge in [-0.15, -0.1) is 0 Å². The number of nitrogens with zero attached hydrogens (tertiary/aromatic N) is 2. The van der Waals surface area contributed by atoms with Gasteiger partial charge in [-0.05, 0) is 42.0 Å². The van der Waals surface area contributed by atoms with Gasteiger partial charge in [0.05, 0.1) is 31.3 Å². The predicted molar refractivity (Wildman–Crippen MR) is 142 cm³/mol. The molecule has 37 heavy (non-hydrogen) atoms.